The third kappa shape index (κ3) is 50.4. The predicted octanol–water partition coefficient (Wildman–Crippen LogP) is 4.86. The second-order valence-corrected chi connectivity index (χ2v) is 2.61. The molecular weight excluding hydrogens is 299 g/mol. The van der Waals surface area contributed by atoms with Crippen molar-refractivity contribution in [2.75, 3.05) is 0 Å². The topological polar surface area (TPSA) is 44.6 Å². The maximum Gasteiger partial charge on any atom is 0 e. The molecule has 1 rings (SSSR count). The van der Waals surface area contributed by atoms with E-state index in [-0.39, 0.29) is 34.3 Å². The van der Waals surface area contributed by atoms with Gasteiger partial charge in [0.2, 0.25) is 0 Å². The van der Waals surface area contributed by atoms with Gasteiger partial charge in [-0.25, -0.2) is 12.4 Å². The van der Waals surface area contributed by atoms with Gasteiger partial charge >= 0.3 is 0 Å². The van der Waals surface area contributed by atoms with Crippen LogP contribution in [0.2, 0.25) is 0 Å². The van der Waals surface area contributed by atoms with Gasteiger partial charge in [-0.05, 0) is 25.7 Å². The number of nitrogens with zero attached hydrogens (tertiary/aromatic N) is 2. The second-order valence-electron chi connectivity index (χ2n) is 2.61. The average Bonchev–Trinajstić information content (AvgIpc) is 2.04. The van der Waals surface area contributed by atoms with E-state index < -0.39 is 0 Å². The molecule has 1 radical (unpaired) electrons. The van der Waals surface area contributed by atoms with Crippen LogP contribution in [0.5, 0.6) is 0 Å². The molecule has 0 fully saturated rings. The Morgan fingerprint density at radius 1 is 0.706 bits per heavy atom. The van der Waals surface area contributed by atoms with Crippen molar-refractivity contribution in [2.45, 2.75) is 39.5 Å². The predicted molar refractivity (Wildman–Crippen MR) is 79.8 cm³/mol. The zero-order valence-electron chi connectivity index (χ0n) is 11.5. The van der Waals surface area contributed by atoms with Gasteiger partial charge in [0.05, 0.1) is 0 Å². The van der Waals surface area contributed by atoms with Crippen LogP contribution in [-0.2, 0) is 19.5 Å². The van der Waals surface area contributed by atoms with Gasteiger partial charge in [0.1, 0.15) is 0 Å². The fraction of sp³-hybridized carbons (Fsp3) is 0.429. The maximum atomic E-state index is 7.44. The summed E-state index contributed by atoms with van der Waals surface area (Å²) in [5.74, 6) is 0. The summed E-state index contributed by atoms with van der Waals surface area (Å²) in [5, 5.41) is 14.9. The fourth-order valence-electron chi connectivity index (χ4n) is 0.856. The summed E-state index contributed by atoms with van der Waals surface area (Å²) in [7, 11) is 0. The second kappa shape index (κ2) is 36.1. The Morgan fingerprint density at radius 3 is 0.941 bits per heavy atom. The number of hydrogen-bond donors (Lipinski definition) is 0. The molecule has 0 atom stereocenters. The molecule has 2 nitrogen and oxygen atoms in total. The molecule has 0 aromatic carbocycles. The smallest absolute Gasteiger partial charge is 0 e. The maximum absolute atomic E-state index is 7.44. The molecule has 0 spiro atoms. The summed E-state index contributed by atoms with van der Waals surface area (Å²) < 4.78 is 0. The minimum atomic E-state index is 0. The summed E-state index contributed by atoms with van der Waals surface area (Å²) in [6.07, 6.45) is 16.0. The molecule has 0 unspecified atom stereocenters. The van der Waals surface area contributed by atoms with Crippen molar-refractivity contribution < 1.29 is 19.5 Å². The van der Waals surface area contributed by atoms with Gasteiger partial charge in [-0.15, -0.1) is 0 Å². The molecule has 0 saturated heterocycles. The standard InChI is InChI=1S/C8H12.2C2H4N.2CH3.Rh/c1-2-4-6-8-7-5-3-1;2*1-2-3;;;/h1-2,7-8H,3-6H2;2*2H,1H3;2*1H3;/q;4*-1;/b2-1-,8-7-;;;;;. The van der Waals surface area contributed by atoms with E-state index in [1.165, 1.54) is 25.7 Å². The molecule has 3 heteroatoms. The van der Waals surface area contributed by atoms with Gasteiger partial charge in [0.15, 0.2) is 0 Å². The first-order valence-corrected chi connectivity index (χ1v) is 4.97. The zero-order valence-corrected chi connectivity index (χ0v) is 13.2. The van der Waals surface area contributed by atoms with E-state index in [4.69, 9.17) is 10.8 Å². The van der Waals surface area contributed by atoms with Crippen molar-refractivity contribution in [3.05, 3.63) is 50.0 Å². The Morgan fingerprint density at radius 2 is 0.824 bits per heavy atom. The molecule has 0 saturated carbocycles. The zero-order chi connectivity index (χ0) is 11.1. The van der Waals surface area contributed by atoms with Crippen molar-refractivity contribution >= 4 is 12.4 Å². The van der Waals surface area contributed by atoms with E-state index in [0.29, 0.717) is 0 Å². The molecule has 105 valence electrons. The fourth-order valence-corrected chi connectivity index (χ4v) is 0.856. The van der Waals surface area contributed by atoms with Gasteiger partial charge in [-0.2, -0.15) is 0 Å². The van der Waals surface area contributed by atoms with Gasteiger partial charge < -0.3 is 25.7 Å². The monoisotopic (exact) mass is 325 g/mol. The molecule has 0 aliphatic heterocycles. The summed E-state index contributed by atoms with van der Waals surface area (Å²) in [6, 6.07) is 0. The Labute approximate surface area is 121 Å². The molecule has 17 heavy (non-hydrogen) atoms. The molecule has 0 N–H and O–H groups in total. The van der Waals surface area contributed by atoms with Crippen LogP contribution in [0.1, 0.15) is 39.5 Å². The number of rotatable bonds is 0. The van der Waals surface area contributed by atoms with E-state index in [2.05, 4.69) is 24.3 Å². The van der Waals surface area contributed by atoms with Crippen molar-refractivity contribution in [3.8, 4) is 0 Å². The van der Waals surface area contributed by atoms with Gasteiger partial charge in [-0.3, -0.25) is 0 Å². The molecule has 1 aliphatic rings. The molecule has 0 bridgehead atoms. The first kappa shape index (κ1) is 29.9. The normalized spacial score (nSPS) is 14.7. The SMILES string of the molecule is C1=C\CC/C=C\CC/1.CC=[N-].CC=[N-].[CH3-].[CH3-].[Rh]. The summed E-state index contributed by atoms with van der Waals surface area (Å²) >= 11 is 0. The quantitative estimate of drug-likeness (QED) is 0.264. The van der Waals surface area contributed by atoms with Crippen molar-refractivity contribution in [1.29, 1.82) is 0 Å². The molecule has 0 aromatic heterocycles. The van der Waals surface area contributed by atoms with Crippen LogP contribution < -0.4 is 0 Å². The van der Waals surface area contributed by atoms with Gasteiger partial charge in [-0.1, -0.05) is 38.2 Å². The van der Waals surface area contributed by atoms with Gasteiger partial charge in [0.25, 0.3) is 0 Å². The summed E-state index contributed by atoms with van der Waals surface area (Å²) in [6.45, 7) is 3.11. The Bertz CT molecular complexity index is 143. The van der Waals surface area contributed by atoms with E-state index in [1.807, 2.05) is 0 Å². The summed E-state index contributed by atoms with van der Waals surface area (Å²) in [4.78, 5) is 0. The Hall–Kier alpha value is -0.557. The van der Waals surface area contributed by atoms with Crippen LogP contribution in [0.4, 0.5) is 0 Å². The van der Waals surface area contributed by atoms with Crippen LogP contribution >= 0.6 is 0 Å². The molecule has 0 heterocycles. The van der Waals surface area contributed by atoms with Crippen LogP contribution in [0.25, 0.3) is 10.8 Å². The van der Waals surface area contributed by atoms with Crippen molar-refractivity contribution in [2.24, 2.45) is 0 Å². The van der Waals surface area contributed by atoms with E-state index in [1.54, 1.807) is 13.8 Å². The minimum absolute atomic E-state index is 0. The van der Waals surface area contributed by atoms with Crippen molar-refractivity contribution in [3.63, 3.8) is 0 Å². The molecule has 0 amide bonds. The third-order valence-corrected chi connectivity index (χ3v) is 1.33. The van der Waals surface area contributed by atoms with Gasteiger partial charge in [0, 0.05) is 19.5 Å². The Kier molecular flexibility index (Phi) is 63.6. The molecule has 0 aromatic rings. The largest absolute Gasteiger partial charge is 0.814 e. The van der Waals surface area contributed by atoms with Crippen LogP contribution in [0, 0.1) is 14.9 Å². The van der Waals surface area contributed by atoms with E-state index in [0.717, 1.165) is 12.4 Å². The average molecular weight is 325 g/mol. The van der Waals surface area contributed by atoms with Crippen LogP contribution in [-0.4, -0.2) is 12.4 Å². The van der Waals surface area contributed by atoms with Crippen molar-refractivity contribution in [1.82, 2.24) is 0 Å². The summed E-state index contributed by atoms with van der Waals surface area (Å²) in [5.41, 5.74) is 0. The molecular formula is C14H26N2Rh-4. The Balaban J connectivity index is -0.0000000470. The van der Waals surface area contributed by atoms with Crippen LogP contribution in [0.15, 0.2) is 24.3 Å². The first-order chi connectivity index (χ1) is 6.83. The number of hydrogen-bond acceptors (Lipinski definition) is 0. The first-order valence-electron chi connectivity index (χ1n) is 4.97. The van der Waals surface area contributed by atoms with E-state index in [9.17, 15) is 0 Å². The molecule has 1 aliphatic carbocycles. The number of allylic oxidation sites excluding steroid dienone is 4. The third-order valence-electron chi connectivity index (χ3n) is 1.33. The van der Waals surface area contributed by atoms with E-state index >= 15 is 0 Å². The van der Waals surface area contributed by atoms with Crippen LogP contribution in [0.3, 0.4) is 0 Å². The minimum Gasteiger partial charge on any atom is -0.814 e.